The molecule has 0 atom stereocenters. The van der Waals surface area contributed by atoms with E-state index in [0.29, 0.717) is 5.88 Å². The van der Waals surface area contributed by atoms with Crippen molar-refractivity contribution in [3.8, 4) is 11.6 Å². The molecule has 0 saturated carbocycles. The number of hydrogen-bond donors (Lipinski definition) is 1. The van der Waals surface area contributed by atoms with Crippen molar-refractivity contribution in [1.29, 1.82) is 0 Å². The molecule has 0 saturated heterocycles. The molecule has 0 unspecified atom stereocenters. The molecule has 0 radical (unpaired) electrons. The van der Waals surface area contributed by atoms with Crippen LogP contribution >= 0.6 is 0 Å². The van der Waals surface area contributed by atoms with Gasteiger partial charge in [-0.05, 0) is 43.2 Å². The Balaban J connectivity index is 2.35. The molecule has 2 rings (SSSR count). The van der Waals surface area contributed by atoms with Gasteiger partial charge in [0.15, 0.2) is 0 Å². The average Bonchev–Trinajstić information content (AvgIpc) is 2.25. The minimum Gasteiger partial charge on any atom is -0.438 e. The molecule has 3 nitrogen and oxygen atoms in total. The molecule has 82 valence electrons. The fourth-order valence-electron chi connectivity index (χ4n) is 1.66. The van der Waals surface area contributed by atoms with E-state index in [1.165, 1.54) is 0 Å². The molecule has 0 fully saturated rings. The highest BCUT2D eigenvalue weighted by molar-refractivity contribution is 5.53. The lowest BCUT2D eigenvalue weighted by Gasteiger charge is -2.11. The maximum Gasteiger partial charge on any atom is 0.219 e. The second-order valence-corrected chi connectivity index (χ2v) is 3.75. The van der Waals surface area contributed by atoms with E-state index in [9.17, 15) is 0 Å². The maximum absolute atomic E-state index is 5.75. The molecular weight excluding hydrogens is 200 g/mol. The van der Waals surface area contributed by atoms with E-state index in [2.05, 4.69) is 4.98 Å². The Morgan fingerprint density at radius 1 is 1.12 bits per heavy atom. The van der Waals surface area contributed by atoms with Crippen LogP contribution in [0.4, 0.5) is 5.69 Å². The zero-order chi connectivity index (χ0) is 11.5. The molecule has 0 aliphatic carbocycles. The van der Waals surface area contributed by atoms with Gasteiger partial charge < -0.3 is 10.5 Å². The van der Waals surface area contributed by atoms with Crippen LogP contribution in [0, 0.1) is 13.8 Å². The predicted octanol–water partition coefficient (Wildman–Crippen LogP) is 3.07. The van der Waals surface area contributed by atoms with Gasteiger partial charge in [0.05, 0.1) is 0 Å². The lowest BCUT2D eigenvalue weighted by Crippen LogP contribution is -1.95. The molecule has 0 bridgehead atoms. The van der Waals surface area contributed by atoms with Crippen LogP contribution in [-0.4, -0.2) is 4.98 Å². The van der Waals surface area contributed by atoms with E-state index >= 15 is 0 Å². The largest absolute Gasteiger partial charge is 0.438 e. The fraction of sp³-hybridized carbons (Fsp3) is 0.154. The number of anilines is 1. The molecule has 0 spiro atoms. The number of nitrogen functional groups attached to an aromatic ring is 1. The summed E-state index contributed by atoms with van der Waals surface area (Å²) in [7, 11) is 0. The third-order valence-electron chi connectivity index (χ3n) is 2.33. The van der Waals surface area contributed by atoms with Crippen LogP contribution < -0.4 is 10.5 Å². The van der Waals surface area contributed by atoms with Gasteiger partial charge in [-0.25, -0.2) is 4.98 Å². The Hall–Kier alpha value is -2.03. The summed E-state index contributed by atoms with van der Waals surface area (Å²) in [5.74, 6) is 1.42. The van der Waals surface area contributed by atoms with Crippen LogP contribution in [0.1, 0.15) is 11.1 Å². The summed E-state index contributed by atoms with van der Waals surface area (Å²) >= 11 is 0. The van der Waals surface area contributed by atoms with Gasteiger partial charge in [0.2, 0.25) is 5.88 Å². The minimum atomic E-state index is 0.596. The number of pyridine rings is 1. The topological polar surface area (TPSA) is 48.1 Å². The van der Waals surface area contributed by atoms with Crippen molar-refractivity contribution in [2.45, 2.75) is 13.8 Å². The molecule has 2 aromatic rings. The number of rotatable bonds is 2. The van der Waals surface area contributed by atoms with Gasteiger partial charge in [0.25, 0.3) is 0 Å². The Bertz CT molecular complexity index is 472. The highest BCUT2D eigenvalue weighted by atomic mass is 16.5. The van der Waals surface area contributed by atoms with Gasteiger partial charge in [-0.3, -0.25) is 0 Å². The highest BCUT2D eigenvalue weighted by Gasteiger charge is 2.06. The third kappa shape index (κ3) is 2.14. The first kappa shape index (κ1) is 10.5. The molecule has 2 N–H and O–H groups in total. The zero-order valence-corrected chi connectivity index (χ0v) is 9.40. The van der Waals surface area contributed by atoms with Crippen molar-refractivity contribution in [1.82, 2.24) is 4.98 Å². The fourth-order valence-corrected chi connectivity index (χ4v) is 1.66. The summed E-state index contributed by atoms with van der Waals surface area (Å²) in [6.45, 7) is 3.95. The summed E-state index contributed by atoms with van der Waals surface area (Å²) in [5, 5.41) is 0. The molecule has 1 aromatic heterocycles. The summed E-state index contributed by atoms with van der Waals surface area (Å²) in [5.41, 5.74) is 8.54. The van der Waals surface area contributed by atoms with Crippen molar-refractivity contribution in [3.05, 3.63) is 47.7 Å². The number of hydrogen-bond acceptors (Lipinski definition) is 3. The maximum atomic E-state index is 5.75. The number of ether oxygens (including phenoxy) is 1. The Morgan fingerprint density at radius 2 is 1.81 bits per heavy atom. The summed E-state index contributed by atoms with van der Waals surface area (Å²) in [4.78, 5) is 4.13. The molecule has 0 aliphatic heterocycles. The van der Waals surface area contributed by atoms with Crippen LogP contribution in [0.15, 0.2) is 36.5 Å². The third-order valence-corrected chi connectivity index (χ3v) is 2.33. The summed E-state index contributed by atoms with van der Waals surface area (Å²) in [6, 6.07) is 9.37. The van der Waals surface area contributed by atoms with Gasteiger partial charge in [-0.15, -0.1) is 0 Å². The van der Waals surface area contributed by atoms with Gasteiger partial charge in [-0.1, -0.05) is 6.07 Å². The van der Waals surface area contributed by atoms with Crippen molar-refractivity contribution < 1.29 is 4.74 Å². The number of benzene rings is 1. The van der Waals surface area contributed by atoms with Gasteiger partial charge >= 0.3 is 0 Å². The number of aromatic nitrogens is 1. The Labute approximate surface area is 94.9 Å². The predicted molar refractivity (Wildman–Crippen MR) is 64.6 cm³/mol. The van der Waals surface area contributed by atoms with E-state index in [1.54, 1.807) is 6.20 Å². The Morgan fingerprint density at radius 3 is 2.38 bits per heavy atom. The van der Waals surface area contributed by atoms with E-state index in [4.69, 9.17) is 10.5 Å². The van der Waals surface area contributed by atoms with E-state index < -0.39 is 0 Å². The standard InChI is InChI=1S/C13H14N2O/c1-9-7-11(14)8-10(2)13(9)16-12-5-3-4-6-15-12/h3-8H,14H2,1-2H3. The van der Waals surface area contributed by atoms with E-state index in [0.717, 1.165) is 22.6 Å². The number of nitrogens with two attached hydrogens (primary N) is 1. The highest BCUT2D eigenvalue weighted by Crippen LogP contribution is 2.29. The van der Waals surface area contributed by atoms with Crippen molar-refractivity contribution in [3.63, 3.8) is 0 Å². The molecule has 0 aliphatic rings. The van der Waals surface area contributed by atoms with Crippen LogP contribution in [0.25, 0.3) is 0 Å². The number of aryl methyl sites for hydroxylation is 2. The summed E-state index contributed by atoms with van der Waals surface area (Å²) in [6.07, 6.45) is 1.71. The lowest BCUT2D eigenvalue weighted by molar-refractivity contribution is 0.456. The normalized spacial score (nSPS) is 10.1. The average molecular weight is 214 g/mol. The quantitative estimate of drug-likeness (QED) is 0.781. The van der Waals surface area contributed by atoms with Gasteiger partial charge in [0, 0.05) is 18.0 Å². The van der Waals surface area contributed by atoms with Crippen molar-refractivity contribution >= 4 is 5.69 Å². The van der Waals surface area contributed by atoms with Gasteiger partial charge in [0.1, 0.15) is 5.75 Å². The van der Waals surface area contributed by atoms with E-state index in [1.807, 2.05) is 44.2 Å². The molecule has 0 amide bonds. The Kier molecular flexibility index (Phi) is 2.77. The van der Waals surface area contributed by atoms with Crippen LogP contribution in [-0.2, 0) is 0 Å². The zero-order valence-electron chi connectivity index (χ0n) is 9.40. The first-order valence-corrected chi connectivity index (χ1v) is 5.12. The first-order valence-electron chi connectivity index (χ1n) is 5.12. The molecule has 1 heterocycles. The van der Waals surface area contributed by atoms with Crippen LogP contribution in [0.2, 0.25) is 0 Å². The molecule has 1 aromatic carbocycles. The van der Waals surface area contributed by atoms with Crippen molar-refractivity contribution in [2.75, 3.05) is 5.73 Å². The minimum absolute atomic E-state index is 0.596. The monoisotopic (exact) mass is 214 g/mol. The molecular formula is C13H14N2O. The van der Waals surface area contributed by atoms with Gasteiger partial charge in [-0.2, -0.15) is 0 Å². The van der Waals surface area contributed by atoms with E-state index in [-0.39, 0.29) is 0 Å². The first-order chi connectivity index (χ1) is 7.66. The van der Waals surface area contributed by atoms with Crippen molar-refractivity contribution in [2.24, 2.45) is 0 Å². The molecule has 16 heavy (non-hydrogen) atoms. The number of nitrogens with zero attached hydrogens (tertiary/aromatic N) is 1. The lowest BCUT2D eigenvalue weighted by atomic mass is 10.1. The summed E-state index contributed by atoms with van der Waals surface area (Å²) < 4.78 is 5.73. The SMILES string of the molecule is Cc1cc(N)cc(C)c1Oc1ccccn1. The molecule has 3 heteroatoms. The smallest absolute Gasteiger partial charge is 0.219 e. The second kappa shape index (κ2) is 4.23. The van der Waals surface area contributed by atoms with Crippen LogP contribution in [0.5, 0.6) is 11.6 Å². The second-order valence-electron chi connectivity index (χ2n) is 3.75. The van der Waals surface area contributed by atoms with Crippen LogP contribution in [0.3, 0.4) is 0 Å².